The smallest absolute Gasteiger partial charge is 0.305 e. The zero-order valence-corrected chi connectivity index (χ0v) is 48.4. The predicted molar refractivity (Wildman–Crippen MR) is 315 cm³/mol. The van der Waals surface area contributed by atoms with Crippen LogP contribution in [-0.2, 0) is 14.3 Å². The predicted octanol–water partition coefficient (Wildman–Crippen LogP) is 20.4. The molecule has 0 aliphatic heterocycles. The monoisotopic (exact) mass is 1010 g/mol. The first-order valence-corrected chi connectivity index (χ1v) is 32.3. The summed E-state index contributed by atoms with van der Waals surface area (Å²) in [6, 6.07) is -0.624. The molecule has 0 aromatic carbocycles. The summed E-state index contributed by atoms with van der Waals surface area (Å²) >= 11 is 0. The van der Waals surface area contributed by atoms with Crippen LogP contribution >= 0.6 is 0 Å². The van der Waals surface area contributed by atoms with E-state index in [9.17, 15) is 19.8 Å². The third-order valence-electron chi connectivity index (χ3n) is 14.9. The highest BCUT2D eigenvalue weighted by molar-refractivity contribution is 5.76. The highest BCUT2D eigenvalue weighted by atomic mass is 16.5. The van der Waals surface area contributed by atoms with Crippen molar-refractivity contribution in [1.29, 1.82) is 0 Å². The average Bonchev–Trinajstić information content (AvgIpc) is 3.38. The van der Waals surface area contributed by atoms with Gasteiger partial charge in [-0.1, -0.05) is 307 Å². The van der Waals surface area contributed by atoms with E-state index in [-0.39, 0.29) is 18.5 Å². The summed E-state index contributed by atoms with van der Waals surface area (Å²) in [5, 5.41) is 23.1. The van der Waals surface area contributed by atoms with Gasteiger partial charge in [-0.15, -0.1) is 0 Å². The van der Waals surface area contributed by atoms with Crippen LogP contribution in [0.4, 0.5) is 0 Å². The second-order valence-electron chi connectivity index (χ2n) is 22.1. The van der Waals surface area contributed by atoms with E-state index in [1.807, 2.05) is 6.08 Å². The van der Waals surface area contributed by atoms with Crippen LogP contribution in [0.25, 0.3) is 0 Å². The Bertz CT molecular complexity index is 1170. The number of amides is 1. The maximum atomic E-state index is 12.4. The molecule has 0 bridgehead atoms. The minimum Gasteiger partial charge on any atom is -0.466 e. The summed E-state index contributed by atoms with van der Waals surface area (Å²) < 4.78 is 5.48. The molecule has 0 aromatic heterocycles. The van der Waals surface area contributed by atoms with E-state index in [0.29, 0.717) is 19.4 Å². The summed E-state index contributed by atoms with van der Waals surface area (Å²) in [4.78, 5) is 24.5. The molecule has 0 spiro atoms. The molecular weight excluding hydrogens is 887 g/mol. The number of rotatable bonds is 60. The number of esters is 1. The molecule has 0 saturated heterocycles. The quantitative estimate of drug-likeness (QED) is 0.0320. The summed E-state index contributed by atoms with van der Waals surface area (Å²) in [7, 11) is 0. The van der Waals surface area contributed by atoms with Crippen LogP contribution in [0.2, 0.25) is 0 Å². The third kappa shape index (κ3) is 57.4. The number of unbranched alkanes of at least 4 members (excludes halogenated alkanes) is 45. The van der Waals surface area contributed by atoms with Crippen LogP contribution in [0.3, 0.4) is 0 Å². The largest absolute Gasteiger partial charge is 0.466 e. The van der Waals surface area contributed by atoms with E-state index in [2.05, 4.69) is 43.5 Å². The number of aliphatic hydroxyl groups is 2. The minimum absolute atomic E-state index is 0.00438. The van der Waals surface area contributed by atoms with Crippen molar-refractivity contribution in [3.05, 3.63) is 36.5 Å². The first kappa shape index (κ1) is 70.1. The highest BCUT2D eigenvalue weighted by Crippen LogP contribution is 2.18. The molecule has 0 heterocycles. The van der Waals surface area contributed by atoms with Crippen molar-refractivity contribution in [2.24, 2.45) is 0 Å². The lowest BCUT2D eigenvalue weighted by Crippen LogP contribution is -2.45. The molecule has 1 amide bonds. The molecule has 0 aromatic rings. The van der Waals surface area contributed by atoms with E-state index in [4.69, 9.17) is 4.74 Å². The second-order valence-corrected chi connectivity index (χ2v) is 22.1. The van der Waals surface area contributed by atoms with E-state index < -0.39 is 12.1 Å². The van der Waals surface area contributed by atoms with Crippen LogP contribution in [0.15, 0.2) is 36.5 Å². The van der Waals surface area contributed by atoms with Gasteiger partial charge in [-0.3, -0.25) is 9.59 Å². The molecule has 6 nitrogen and oxygen atoms in total. The maximum Gasteiger partial charge on any atom is 0.305 e. The van der Waals surface area contributed by atoms with Crippen molar-refractivity contribution < 1.29 is 24.5 Å². The summed E-state index contributed by atoms with van der Waals surface area (Å²) in [6.45, 7) is 4.88. The molecule has 2 atom stereocenters. The van der Waals surface area contributed by atoms with Gasteiger partial charge in [0.25, 0.3) is 0 Å². The Morgan fingerprint density at radius 3 is 1.08 bits per heavy atom. The van der Waals surface area contributed by atoms with E-state index >= 15 is 0 Å². The molecule has 0 aliphatic carbocycles. The first-order valence-electron chi connectivity index (χ1n) is 32.3. The Labute approximate surface area is 449 Å². The van der Waals surface area contributed by atoms with Crippen LogP contribution in [0.1, 0.15) is 348 Å². The lowest BCUT2D eigenvalue weighted by Gasteiger charge is -2.20. The lowest BCUT2D eigenvalue weighted by atomic mass is 10.0. The van der Waals surface area contributed by atoms with Gasteiger partial charge in [0.05, 0.1) is 25.4 Å². The number of hydrogen-bond donors (Lipinski definition) is 3. The van der Waals surface area contributed by atoms with Crippen molar-refractivity contribution in [2.75, 3.05) is 13.2 Å². The first-order chi connectivity index (χ1) is 35.5. The average molecular weight is 1010 g/mol. The van der Waals surface area contributed by atoms with Gasteiger partial charge < -0.3 is 20.3 Å². The van der Waals surface area contributed by atoms with Crippen molar-refractivity contribution in [1.82, 2.24) is 5.32 Å². The number of carbonyl (C=O) groups is 2. The van der Waals surface area contributed by atoms with Gasteiger partial charge in [-0.2, -0.15) is 0 Å². The molecule has 424 valence electrons. The zero-order valence-electron chi connectivity index (χ0n) is 48.4. The van der Waals surface area contributed by atoms with Gasteiger partial charge in [0, 0.05) is 12.8 Å². The Morgan fingerprint density at radius 1 is 0.389 bits per heavy atom. The minimum atomic E-state index is -0.841. The molecule has 0 saturated carbocycles. The number of aliphatic hydroxyl groups excluding tert-OH is 2. The molecule has 2 unspecified atom stereocenters. The Balaban J connectivity index is 3.35. The van der Waals surface area contributed by atoms with Crippen LogP contribution < -0.4 is 5.32 Å². The zero-order chi connectivity index (χ0) is 52.2. The third-order valence-corrected chi connectivity index (χ3v) is 14.9. The normalized spacial score (nSPS) is 12.8. The summed E-state index contributed by atoms with van der Waals surface area (Å²) in [5.41, 5.74) is 0. The van der Waals surface area contributed by atoms with E-state index in [1.165, 1.54) is 270 Å². The van der Waals surface area contributed by atoms with Gasteiger partial charge in [0.15, 0.2) is 0 Å². The fraction of sp³-hybridized carbons (Fsp3) is 0.879. The Hall–Kier alpha value is -1.92. The summed E-state index contributed by atoms with van der Waals surface area (Å²) in [6.07, 6.45) is 77.8. The van der Waals surface area contributed by atoms with Crippen LogP contribution in [0.5, 0.6) is 0 Å². The van der Waals surface area contributed by atoms with Gasteiger partial charge >= 0.3 is 5.97 Å². The van der Waals surface area contributed by atoms with Gasteiger partial charge in [-0.05, 0) is 64.2 Å². The number of allylic oxidation sites excluding steroid dienone is 5. The molecule has 0 fully saturated rings. The molecule has 0 radical (unpaired) electrons. The molecule has 0 rings (SSSR count). The molecule has 6 heteroatoms. The number of carbonyl (C=O) groups excluding carboxylic acids is 2. The van der Waals surface area contributed by atoms with E-state index in [0.717, 1.165) is 51.4 Å². The Kier molecular flexibility index (Phi) is 60.0. The van der Waals surface area contributed by atoms with Gasteiger partial charge in [0.2, 0.25) is 5.91 Å². The van der Waals surface area contributed by atoms with Crippen molar-refractivity contribution in [2.45, 2.75) is 360 Å². The fourth-order valence-electron chi connectivity index (χ4n) is 9.96. The molecule has 3 N–H and O–H groups in total. The van der Waals surface area contributed by atoms with E-state index in [1.54, 1.807) is 6.08 Å². The van der Waals surface area contributed by atoms with Crippen LogP contribution in [0, 0.1) is 0 Å². The number of hydrogen-bond acceptors (Lipinski definition) is 5. The standard InChI is InChI=1S/C66H125NO5/c1-3-5-7-9-11-13-15-17-32-36-40-44-48-52-56-60-66(71)72-61-57-53-49-45-41-37-34-31-29-27-25-23-21-19-18-20-22-24-26-28-30-33-35-39-43-47-51-55-59-65(70)67-63(62-68)64(69)58-54-50-46-42-38-16-14-12-10-8-6-4-2/h11,13,17,32,54,58,63-64,68-69H,3-10,12,14-16,18-31,33-53,55-57,59-62H2,1-2H3,(H,67,70)/b13-11-,32-17-,58-54+. The van der Waals surface area contributed by atoms with Crippen molar-refractivity contribution in [3.63, 3.8) is 0 Å². The van der Waals surface area contributed by atoms with Gasteiger partial charge in [-0.25, -0.2) is 0 Å². The number of ether oxygens (including phenoxy) is 1. The molecule has 0 aliphatic rings. The lowest BCUT2D eigenvalue weighted by molar-refractivity contribution is -0.143. The maximum absolute atomic E-state index is 12.4. The highest BCUT2D eigenvalue weighted by Gasteiger charge is 2.18. The number of nitrogens with one attached hydrogen (secondary N) is 1. The SMILES string of the molecule is CCCCC/C=C\C/C=C\CCCCCCCC(=O)OCCCCCCCCCCCCCCCCCCCCCCCCCCCCCCC(=O)NC(CO)C(O)/C=C/CCCCCCCCCCCC. The molecule has 72 heavy (non-hydrogen) atoms. The topological polar surface area (TPSA) is 95.9 Å². The second kappa shape index (κ2) is 61.6. The summed E-state index contributed by atoms with van der Waals surface area (Å²) in [5.74, 6) is -0.0604. The van der Waals surface area contributed by atoms with Crippen LogP contribution in [-0.4, -0.2) is 47.4 Å². The van der Waals surface area contributed by atoms with Crippen molar-refractivity contribution in [3.8, 4) is 0 Å². The Morgan fingerprint density at radius 2 is 0.694 bits per heavy atom. The molecular formula is C66H125NO5. The van der Waals surface area contributed by atoms with Gasteiger partial charge in [0.1, 0.15) is 0 Å². The van der Waals surface area contributed by atoms with Crippen molar-refractivity contribution >= 4 is 11.9 Å². The fourth-order valence-corrected chi connectivity index (χ4v) is 9.96.